The van der Waals surface area contributed by atoms with Crippen LogP contribution in [0.3, 0.4) is 0 Å². The van der Waals surface area contributed by atoms with Gasteiger partial charge in [-0.15, -0.1) is 0 Å². The van der Waals surface area contributed by atoms with E-state index >= 15 is 0 Å². The number of phenols is 2. The molecule has 3 aromatic rings. The van der Waals surface area contributed by atoms with Gasteiger partial charge < -0.3 is 10.2 Å². The minimum atomic E-state index is -0.120. The molecule has 1 aliphatic carbocycles. The zero-order chi connectivity index (χ0) is 16.7. The Morgan fingerprint density at radius 1 is 0.583 bits per heavy atom. The van der Waals surface area contributed by atoms with Crippen molar-refractivity contribution >= 4 is 16.9 Å². The van der Waals surface area contributed by atoms with Crippen LogP contribution in [-0.4, -0.2) is 16.0 Å². The number of ketones is 1. The lowest BCUT2D eigenvalue weighted by Gasteiger charge is -2.08. The highest BCUT2D eigenvalue weighted by molar-refractivity contribution is 6.41. The summed E-state index contributed by atoms with van der Waals surface area (Å²) in [6, 6.07) is 21.2. The molecule has 0 saturated heterocycles. The van der Waals surface area contributed by atoms with Gasteiger partial charge >= 0.3 is 0 Å². The monoisotopic (exact) mass is 314 g/mol. The minimum Gasteiger partial charge on any atom is -0.508 e. The average Bonchev–Trinajstić information content (AvgIpc) is 2.89. The maximum absolute atomic E-state index is 13.0. The number of hydrogen-bond acceptors (Lipinski definition) is 3. The van der Waals surface area contributed by atoms with Crippen molar-refractivity contribution in [1.82, 2.24) is 0 Å². The number of aromatic hydroxyl groups is 2. The van der Waals surface area contributed by atoms with Gasteiger partial charge in [-0.05, 0) is 47.0 Å². The first-order valence-corrected chi connectivity index (χ1v) is 7.62. The van der Waals surface area contributed by atoms with E-state index in [1.807, 2.05) is 30.3 Å². The van der Waals surface area contributed by atoms with E-state index in [0.717, 1.165) is 22.3 Å². The van der Waals surface area contributed by atoms with Gasteiger partial charge in [0.2, 0.25) is 0 Å². The molecule has 1 aliphatic rings. The fourth-order valence-corrected chi connectivity index (χ4v) is 3.13. The predicted molar refractivity (Wildman–Crippen MR) is 92.9 cm³/mol. The Labute approximate surface area is 139 Å². The van der Waals surface area contributed by atoms with Crippen LogP contribution >= 0.6 is 0 Å². The zero-order valence-corrected chi connectivity index (χ0v) is 12.7. The molecule has 24 heavy (non-hydrogen) atoms. The summed E-state index contributed by atoms with van der Waals surface area (Å²) in [4.78, 5) is 13.0. The number of allylic oxidation sites excluding steroid dienone is 1. The van der Waals surface area contributed by atoms with Crippen molar-refractivity contribution in [3.8, 4) is 11.5 Å². The summed E-state index contributed by atoms with van der Waals surface area (Å²) >= 11 is 0. The van der Waals surface area contributed by atoms with Gasteiger partial charge in [-0.3, -0.25) is 4.79 Å². The molecule has 0 atom stereocenters. The maximum atomic E-state index is 13.0. The van der Waals surface area contributed by atoms with Crippen LogP contribution in [0.15, 0.2) is 72.8 Å². The van der Waals surface area contributed by atoms with E-state index in [2.05, 4.69) is 0 Å². The van der Waals surface area contributed by atoms with E-state index in [1.165, 1.54) is 6.07 Å². The van der Waals surface area contributed by atoms with Gasteiger partial charge in [-0.25, -0.2) is 0 Å². The molecule has 0 radical (unpaired) electrons. The van der Waals surface area contributed by atoms with Crippen LogP contribution in [0.1, 0.15) is 27.0 Å². The van der Waals surface area contributed by atoms with Gasteiger partial charge in [0.1, 0.15) is 11.5 Å². The Balaban J connectivity index is 2.02. The molecule has 0 unspecified atom stereocenters. The lowest BCUT2D eigenvalue weighted by atomic mass is 9.94. The Morgan fingerprint density at radius 2 is 1.21 bits per heavy atom. The van der Waals surface area contributed by atoms with Crippen LogP contribution in [0.2, 0.25) is 0 Å². The molecule has 0 aromatic heterocycles. The van der Waals surface area contributed by atoms with Crippen molar-refractivity contribution in [2.24, 2.45) is 0 Å². The van der Waals surface area contributed by atoms with Crippen molar-refractivity contribution in [2.75, 3.05) is 0 Å². The van der Waals surface area contributed by atoms with Crippen molar-refractivity contribution in [3.05, 3.63) is 95.1 Å². The molecular weight excluding hydrogens is 300 g/mol. The fourth-order valence-electron chi connectivity index (χ4n) is 3.13. The normalized spacial score (nSPS) is 13.2. The first kappa shape index (κ1) is 14.3. The van der Waals surface area contributed by atoms with Crippen LogP contribution in [0.4, 0.5) is 0 Å². The van der Waals surface area contributed by atoms with Crippen molar-refractivity contribution in [3.63, 3.8) is 0 Å². The minimum absolute atomic E-state index is 0.0708. The molecule has 0 fully saturated rings. The van der Waals surface area contributed by atoms with E-state index < -0.39 is 0 Å². The predicted octanol–water partition coefficient (Wildman–Crippen LogP) is 4.25. The van der Waals surface area contributed by atoms with Crippen molar-refractivity contribution < 1.29 is 15.0 Å². The molecule has 3 nitrogen and oxygen atoms in total. The highest BCUT2D eigenvalue weighted by Crippen LogP contribution is 2.43. The maximum Gasteiger partial charge on any atom is 0.195 e. The summed E-state index contributed by atoms with van der Waals surface area (Å²) < 4.78 is 0. The molecule has 0 heterocycles. The first-order valence-electron chi connectivity index (χ1n) is 7.62. The third kappa shape index (κ3) is 2.18. The molecule has 0 bridgehead atoms. The highest BCUT2D eigenvalue weighted by atomic mass is 16.3. The number of Topliss-reactive ketones (excluding diaryl/α,β-unsaturated/α-hetero) is 1. The second-order valence-corrected chi connectivity index (χ2v) is 5.72. The number of rotatable bonds is 2. The largest absolute Gasteiger partial charge is 0.508 e. The zero-order valence-electron chi connectivity index (χ0n) is 12.7. The molecule has 116 valence electrons. The highest BCUT2D eigenvalue weighted by Gasteiger charge is 2.31. The second-order valence-electron chi connectivity index (χ2n) is 5.72. The number of phenolic OH excluding ortho intramolecular Hbond substituents is 2. The van der Waals surface area contributed by atoms with E-state index in [-0.39, 0.29) is 17.3 Å². The van der Waals surface area contributed by atoms with E-state index in [1.54, 1.807) is 36.4 Å². The average molecular weight is 314 g/mol. The summed E-state index contributed by atoms with van der Waals surface area (Å²) in [5.74, 6) is 0.105. The lowest BCUT2D eigenvalue weighted by molar-refractivity contribution is 0.105. The number of carbonyl (C=O) groups excluding carboxylic acids is 1. The molecule has 2 N–H and O–H groups in total. The van der Waals surface area contributed by atoms with Crippen molar-refractivity contribution in [2.45, 2.75) is 0 Å². The Bertz CT molecular complexity index is 968. The van der Waals surface area contributed by atoms with Crippen LogP contribution in [-0.2, 0) is 0 Å². The summed E-state index contributed by atoms with van der Waals surface area (Å²) in [6.45, 7) is 0. The molecule has 3 heteroatoms. The standard InChI is InChI=1S/C21H14O3/c22-15-8-6-14(7-9-15)20-19(13-4-2-1-3-5-13)17-11-10-16(23)12-18(17)21(20)24/h1-12,22-23H. The summed E-state index contributed by atoms with van der Waals surface area (Å²) in [5, 5.41) is 19.3. The topological polar surface area (TPSA) is 57.5 Å². The van der Waals surface area contributed by atoms with Gasteiger partial charge in [-0.1, -0.05) is 42.5 Å². The molecule has 0 amide bonds. The van der Waals surface area contributed by atoms with E-state index in [9.17, 15) is 15.0 Å². The molecular formula is C21H14O3. The first-order chi connectivity index (χ1) is 11.6. The third-order valence-electron chi connectivity index (χ3n) is 4.21. The second kappa shape index (κ2) is 5.39. The molecule has 0 saturated carbocycles. The van der Waals surface area contributed by atoms with E-state index in [4.69, 9.17) is 0 Å². The number of carbonyl (C=O) groups is 1. The van der Waals surface area contributed by atoms with E-state index in [0.29, 0.717) is 11.1 Å². The molecule has 0 aliphatic heterocycles. The third-order valence-corrected chi connectivity index (χ3v) is 4.21. The van der Waals surface area contributed by atoms with Gasteiger partial charge in [0.05, 0.1) is 0 Å². The Morgan fingerprint density at radius 3 is 1.92 bits per heavy atom. The quantitative estimate of drug-likeness (QED) is 0.743. The SMILES string of the molecule is O=C1C(c2ccc(O)cc2)=C(c2ccccc2)c2ccc(O)cc21. The smallest absolute Gasteiger partial charge is 0.195 e. The van der Waals surface area contributed by atoms with Gasteiger partial charge in [0.15, 0.2) is 5.78 Å². The fraction of sp³-hybridized carbons (Fsp3) is 0. The Hall–Kier alpha value is -3.33. The van der Waals surface area contributed by atoms with Crippen LogP contribution in [0.5, 0.6) is 11.5 Å². The number of benzene rings is 3. The summed E-state index contributed by atoms with van der Waals surface area (Å²) in [5.41, 5.74) is 4.43. The number of fused-ring (bicyclic) bond motifs is 1. The lowest BCUT2D eigenvalue weighted by Crippen LogP contribution is -1.98. The van der Waals surface area contributed by atoms with Gasteiger partial charge in [0.25, 0.3) is 0 Å². The molecule has 4 rings (SSSR count). The van der Waals surface area contributed by atoms with Crippen LogP contribution in [0, 0.1) is 0 Å². The van der Waals surface area contributed by atoms with Crippen LogP contribution < -0.4 is 0 Å². The van der Waals surface area contributed by atoms with Gasteiger partial charge in [0, 0.05) is 16.7 Å². The summed E-state index contributed by atoms with van der Waals surface area (Å²) in [6.07, 6.45) is 0. The summed E-state index contributed by atoms with van der Waals surface area (Å²) in [7, 11) is 0. The Kier molecular flexibility index (Phi) is 3.21. The van der Waals surface area contributed by atoms with Gasteiger partial charge in [-0.2, -0.15) is 0 Å². The van der Waals surface area contributed by atoms with Crippen molar-refractivity contribution in [1.29, 1.82) is 0 Å². The van der Waals surface area contributed by atoms with Crippen LogP contribution in [0.25, 0.3) is 11.1 Å². The molecule has 0 spiro atoms. The molecule has 3 aromatic carbocycles. The number of hydrogen-bond donors (Lipinski definition) is 2.